The zero-order valence-corrected chi connectivity index (χ0v) is 28.0. The summed E-state index contributed by atoms with van der Waals surface area (Å²) in [5.41, 5.74) is 3.94. The Labute approximate surface area is 297 Å². The number of ketones is 2. The Morgan fingerprint density at radius 1 is 0.531 bits per heavy atom. The molecule has 0 amide bonds. The van der Waals surface area contributed by atoms with E-state index in [1.807, 2.05) is 0 Å². The second-order valence-corrected chi connectivity index (χ2v) is 10.8. The number of hydrogen-bond donors (Lipinski definition) is 5. The highest BCUT2D eigenvalue weighted by Gasteiger charge is 2.03. The van der Waals surface area contributed by atoms with Crippen molar-refractivity contribution in [1.29, 1.82) is 0 Å². The van der Waals surface area contributed by atoms with E-state index in [0.29, 0.717) is 64.7 Å². The summed E-state index contributed by atoms with van der Waals surface area (Å²) in [6.07, 6.45) is 0. The van der Waals surface area contributed by atoms with E-state index in [2.05, 4.69) is 15.9 Å². The first-order valence-electron chi connectivity index (χ1n) is 14.7. The first-order chi connectivity index (χ1) is 22.6. The standard InChI is InChI=1S/C18H20O5.C10H11BrO2.C8H10O3.2CH4/c1-13(21)16-2-4-17(5-3-16)22-6-7-23-18-9-14(11-19)8-15(10-18)12-20;1-8(12)9-2-4-10(5-3-9)13-7-6-11;9-4-6-1-7(5-10)3-8(11)2-6;;/h2-5,8-10,19-20H,6-7,11-12H2,1H3;2-5H,6-7H2,1H3;1-3,9-11H,4-5H2;2*1H4. The van der Waals surface area contributed by atoms with E-state index in [9.17, 15) is 19.8 Å². The molecular formula is C38H49BrO10. The van der Waals surface area contributed by atoms with E-state index < -0.39 is 0 Å². The van der Waals surface area contributed by atoms with Crippen LogP contribution in [0.25, 0.3) is 0 Å². The third-order valence-corrected chi connectivity index (χ3v) is 6.61. The van der Waals surface area contributed by atoms with Crippen LogP contribution < -0.4 is 14.2 Å². The monoisotopic (exact) mass is 744 g/mol. The van der Waals surface area contributed by atoms with Crippen molar-refractivity contribution in [3.8, 4) is 23.0 Å². The average Bonchev–Trinajstić information content (AvgIpc) is 3.09. The molecule has 0 fully saturated rings. The number of hydrogen-bond acceptors (Lipinski definition) is 10. The lowest BCUT2D eigenvalue weighted by Crippen LogP contribution is -2.09. The van der Waals surface area contributed by atoms with Crippen molar-refractivity contribution in [2.45, 2.75) is 55.1 Å². The van der Waals surface area contributed by atoms with Crippen LogP contribution in [0.3, 0.4) is 0 Å². The van der Waals surface area contributed by atoms with Gasteiger partial charge in [0.25, 0.3) is 0 Å². The minimum absolute atomic E-state index is 0. The van der Waals surface area contributed by atoms with Crippen molar-refractivity contribution in [3.05, 3.63) is 118 Å². The minimum Gasteiger partial charge on any atom is -0.508 e. The van der Waals surface area contributed by atoms with Crippen molar-refractivity contribution < 1.29 is 49.3 Å². The van der Waals surface area contributed by atoms with Gasteiger partial charge in [-0.15, -0.1) is 0 Å². The highest BCUT2D eigenvalue weighted by atomic mass is 79.9. The summed E-state index contributed by atoms with van der Waals surface area (Å²) in [5, 5.41) is 45.6. The predicted molar refractivity (Wildman–Crippen MR) is 195 cm³/mol. The zero-order chi connectivity index (χ0) is 34.6. The van der Waals surface area contributed by atoms with Gasteiger partial charge in [-0.3, -0.25) is 9.59 Å². The summed E-state index contributed by atoms with van der Waals surface area (Å²) in [7, 11) is 0. The van der Waals surface area contributed by atoms with Crippen molar-refractivity contribution in [3.63, 3.8) is 0 Å². The highest BCUT2D eigenvalue weighted by Crippen LogP contribution is 2.19. The fourth-order valence-corrected chi connectivity index (χ4v) is 4.13. The largest absolute Gasteiger partial charge is 0.508 e. The molecule has 0 heterocycles. The number of carbonyl (C=O) groups is 2. The SMILES string of the molecule is C.C.CC(=O)c1ccc(OCCBr)cc1.CC(=O)c1ccc(OCCOc2cc(CO)cc(CO)c2)cc1.OCc1cc(O)cc(CO)c1. The van der Waals surface area contributed by atoms with Crippen molar-refractivity contribution in [1.82, 2.24) is 0 Å². The second-order valence-electron chi connectivity index (χ2n) is 10.0. The maximum Gasteiger partial charge on any atom is 0.159 e. The molecule has 0 unspecified atom stereocenters. The Hall–Kier alpha value is -4.26. The van der Waals surface area contributed by atoms with Crippen LogP contribution in [0.15, 0.2) is 84.9 Å². The number of ether oxygens (including phenoxy) is 3. The van der Waals surface area contributed by atoms with Gasteiger partial charge in [0.2, 0.25) is 0 Å². The average molecular weight is 746 g/mol. The molecule has 0 aliphatic heterocycles. The van der Waals surface area contributed by atoms with Gasteiger partial charge in [0, 0.05) is 16.5 Å². The molecule has 0 saturated heterocycles. The Morgan fingerprint density at radius 3 is 1.18 bits per heavy atom. The number of rotatable bonds is 14. The number of aromatic hydroxyl groups is 1. The lowest BCUT2D eigenvalue weighted by molar-refractivity contribution is 0.100. The highest BCUT2D eigenvalue weighted by molar-refractivity contribution is 9.09. The molecule has 5 N–H and O–H groups in total. The number of halogens is 1. The number of alkyl halides is 1. The molecule has 0 spiro atoms. The summed E-state index contributed by atoms with van der Waals surface area (Å²) in [5.74, 6) is 2.20. The molecule has 0 aromatic heterocycles. The van der Waals surface area contributed by atoms with Gasteiger partial charge >= 0.3 is 0 Å². The maximum atomic E-state index is 11.2. The second kappa shape index (κ2) is 24.8. The normalized spacial score (nSPS) is 9.69. The summed E-state index contributed by atoms with van der Waals surface area (Å²) in [4.78, 5) is 22.1. The van der Waals surface area contributed by atoms with Gasteiger partial charge in [0.1, 0.15) is 36.2 Å². The molecule has 0 aliphatic rings. The minimum atomic E-state index is -0.124. The quantitative estimate of drug-likeness (QED) is 0.0537. The topological polar surface area (TPSA) is 163 Å². The van der Waals surface area contributed by atoms with Gasteiger partial charge in [-0.25, -0.2) is 0 Å². The number of Topliss-reactive ketones (excluding diaryl/α,β-unsaturated/α-hetero) is 2. The van der Waals surface area contributed by atoms with Crippen LogP contribution in [0.4, 0.5) is 0 Å². The predicted octanol–water partition coefficient (Wildman–Crippen LogP) is 6.64. The van der Waals surface area contributed by atoms with Crippen LogP contribution in [0, 0.1) is 0 Å². The number of phenols is 1. The molecule has 4 rings (SSSR count). The first-order valence-corrected chi connectivity index (χ1v) is 15.8. The molecule has 268 valence electrons. The van der Waals surface area contributed by atoms with E-state index >= 15 is 0 Å². The van der Waals surface area contributed by atoms with Gasteiger partial charge in [-0.1, -0.05) is 42.9 Å². The molecule has 0 saturated carbocycles. The first kappa shape index (κ1) is 44.7. The fraction of sp³-hybridized carbons (Fsp3) is 0.316. The van der Waals surface area contributed by atoms with Gasteiger partial charge in [-0.05, 0) is 109 Å². The Kier molecular flexibility index (Phi) is 22.7. The van der Waals surface area contributed by atoms with Crippen LogP contribution in [-0.4, -0.2) is 62.2 Å². The molecule has 4 aromatic carbocycles. The van der Waals surface area contributed by atoms with Crippen LogP contribution in [-0.2, 0) is 26.4 Å². The number of carbonyl (C=O) groups excluding carboxylic acids is 2. The van der Waals surface area contributed by atoms with Gasteiger partial charge in [0.05, 0.1) is 33.0 Å². The molecule has 4 aromatic rings. The molecule has 0 aliphatic carbocycles. The van der Waals surface area contributed by atoms with Crippen LogP contribution >= 0.6 is 15.9 Å². The third-order valence-electron chi connectivity index (χ3n) is 6.28. The van der Waals surface area contributed by atoms with Gasteiger partial charge < -0.3 is 39.7 Å². The third kappa shape index (κ3) is 17.1. The van der Waals surface area contributed by atoms with E-state index in [4.69, 9.17) is 29.5 Å². The molecular weight excluding hydrogens is 696 g/mol. The summed E-state index contributed by atoms with van der Waals surface area (Å²) >= 11 is 3.27. The van der Waals surface area contributed by atoms with Crippen LogP contribution in [0.2, 0.25) is 0 Å². The van der Waals surface area contributed by atoms with E-state index in [1.54, 1.807) is 79.7 Å². The number of aliphatic hydroxyl groups is 4. The summed E-state index contributed by atoms with van der Waals surface area (Å²) in [6.45, 7) is 3.92. The van der Waals surface area contributed by atoms with Gasteiger partial charge in [0.15, 0.2) is 11.6 Å². The van der Waals surface area contributed by atoms with Crippen LogP contribution in [0.5, 0.6) is 23.0 Å². The lowest BCUT2D eigenvalue weighted by Gasteiger charge is -2.11. The number of aliphatic hydroxyl groups excluding tert-OH is 4. The molecule has 0 radical (unpaired) electrons. The molecule has 11 heteroatoms. The molecule has 0 atom stereocenters. The molecule has 0 bridgehead atoms. The Balaban J connectivity index is 0.000000755. The summed E-state index contributed by atoms with van der Waals surface area (Å²) in [6, 6.07) is 23.8. The maximum absolute atomic E-state index is 11.2. The van der Waals surface area contributed by atoms with Crippen molar-refractivity contribution in [2.75, 3.05) is 25.2 Å². The fourth-order valence-electron chi connectivity index (χ4n) is 3.97. The Morgan fingerprint density at radius 2 is 0.857 bits per heavy atom. The lowest BCUT2D eigenvalue weighted by atomic mass is 10.1. The zero-order valence-electron chi connectivity index (χ0n) is 26.4. The Bertz CT molecular complexity index is 1480. The van der Waals surface area contributed by atoms with Crippen molar-refractivity contribution >= 4 is 27.5 Å². The smallest absolute Gasteiger partial charge is 0.159 e. The van der Waals surface area contributed by atoms with E-state index in [-0.39, 0.29) is 58.6 Å². The number of benzene rings is 4. The number of phenolic OH excluding ortho intramolecular Hbond substituents is 1. The van der Waals surface area contributed by atoms with E-state index in [0.717, 1.165) is 11.1 Å². The van der Waals surface area contributed by atoms with Crippen LogP contribution in [0.1, 0.15) is 71.7 Å². The van der Waals surface area contributed by atoms with E-state index in [1.165, 1.54) is 19.1 Å². The molecule has 49 heavy (non-hydrogen) atoms. The van der Waals surface area contributed by atoms with Gasteiger partial charge in [-0.2, -0.15) is 0 Å². The van der Waals surface area contributed by atoms with Crippen molar-refractivity contribution in [2.24, 2.45) is 0 Å². The molecule has 10 nitrogen and oxygen atoms in total. The summed E-state index contributed by atoms with van der Waals surface area (Å²) < 4.78 is 16.4.